The highest BCUT2D eigenvalue weighted by Gasteiger charge is 2.30. The van der Waals surface area contributed by atoms with E-state index in [1.54, 1.807) is 6.92 Å². The summed E-state index contributed by atoms with van der Waals surface area (Å²) in [6.45, 7) is 4.43. The minimum Gasteiger partial charge on any atom is -0.377 e. The van der Waals surface area contributed by atoms with Crippen molar-refractivity contribution in [3.63, 3.8) is 0 Å². The van der Waals surface area contributed by atoms with Crippen LogP contribution >= 0.6 is 0 Å². The molecule has 1 atom stereocenters. The first kappa shape index (κ1) is 16.6. The molecule has 0 saturated carbocycles. The van der Waals surface area contributed by atoms with E-state index in [9.17, 15) is 4.79 Å². The summed E-state index contributed by atoms with van der Waals surface area (Å²) in [5.41, 5.74) is 1.15. The van der Waals surface area contributed by atoms with E-state index in [0.29, 0.717) is 37.9 Å². The molecule has 1 amide bonds. The van der Waals surface area contributed by atoms with Crippen LogP contribution in [0.15, 0.2) is 34.9 Å². The first-order chi connectivity index (χ1) is 11.7. The molecule has 0 aliphatic carbocycles. The standard InChI is InChI=1S/C18H23N3O3/c1-14-19-18(24-20-14)16-9-10-21(12-16)17(22)8-5-11-23-13-15-6-3-2-4-7-15/h2-4,6-7,16H,5,8-13H2,1H3. The monoisotopic (exact) mass is 329 g/mol. The fourth-order valence-electron chi connectivity index (χ4n) is 2.92. The molecule has 1 aliphatic heterocycles. The Morgan fingerprint density at radius 3 is 2.96 bits per heavy atom. The molecule has 6 nitrogen and oxygen atoms in total. The molecule has 128 valence electrons. The number of hydrogen-bond donors (Lipinski definition) is 0. The predicted octanol–water partition coefficient (Wildman–Crippen LogP) is 2.69. The summed E-state index contributed by atoms with van der Waals surface area (Å²) >= 11 is 0. The lowest BCUT2D eigenvalue weighted by Gasteiger charge is -2.15. The van der Waals surface area contributed by atoms with E-state index >= 15 is 0 Å². The third kappa shape index (κ3) is 4.41. The van der Waals surface area contributed by atoms with Gasteiger partial charge in [0.05, 0.1) is 12.5 Å². The van der Waals surface area contributed by atoms with Crippen LogP contribution in [0.2, 0.25) is 0 Å². The van der Waals surface area contributed by atoms with Crippen molar-refractivity contribution in [2.45, 2.75) is 38.7 Å². The molecular formula is C18H23N3O3. The van der Waals surface area contributed by atoms with Gasteiger partial charge < -0.3 is 14.2 Å². The number of carbonyl (C=O) groups excluding carboxylic acids is 1. The third-order valence-electron chi connectivity index (χ3n) is 4.22. The Morgan fingerprint density at radius 1 is 1.38 bits per heavy atom. The lowest BCUT2D eigenvalue weighted by Crippen LogP contribution is -2.28. The second kappa shape index (κ2) is 8.06. The van der Waals surface area contributed by atoms with Crippen LogP contribution in [0, 0.1) is 6.92 Å². The molecular weight excluding hydrogens is 306 g/mol. The van der Waals surface area contributed by atoms with E-state index in [-0.39, 0.29) is 11.8 Å². The molecule has 1 aliphatic rings. The number of likely N-dealkylation sites (tertiary alicyclic amines) is 1. The van der Waals surface area contributed by atoms with Gasteiger partial charge in [-0.3, -0.25) is 4.79 Å². The van der Waals surface area contributed by atoms with E-state index < -0.39 is 0 Å². The van der Waals surface area contributed by atoms with E-state index in [2.05, 4.69) is 10.1 Å². The zero-order chi connectivity index (χ0) is 16.8. The van der Waals surface area contributed by atoms with Crippen molar-refractivity contribution >= 4 is 5.91 Å². The quantitative estimate of drug-likeness (QED) is 0.731. The molecule has 1 saturated heterocycles. The predicted molar refractivity (Wildman–Crippen MR) is 88.3 cm³/mol. The Morgan fingerprint density at radius 2 is 2.21 bits per heavy atom. The van der Waals surface area contributed by atoms with Gasteiger partial charge in [-0.25, -0.2) is 0 Å². The van der Waals surface area contributed by atoms with Gasteiger partial charge in [-0.1, -0.05) is 35.5 Å². The highest BCUT2D eigenvalue weighted by atomic mass is 16.5. The maximum absolute atomic E-state index is 12.3. The normalized spacial score (nSPS) is 17.4. The number of aryl methyl sites for hydroxylation is 1. The summed E-state index contributed by atoms with van der Waals surface area (Å²) in [4.78, 5) is 18.4. The lowest BCUT2D eigenvalue weighted by molar-refractivity contribution is -0.130. The molecule has 24 heavy (non-hydrogen) atoms. The number of nitrogens with zero attached hydrogens (tertiary/aromatic N) is 3. The molecule has 3 rings (SSSR count). The van der Waals surface area contributed by atoms with Crippen molar-refractivity contribution in [3.05, 3.63) is 47.6 Å². The average molecular weight is 329 g/mol. The van der Waals surface area contributed by atoms with Gasteiger partial charge in [0, 0.05) is 26.1 Å². The van der Waals surface area contributed by atoms with Gasteiger partial charge in [-0.15, -0.1) is 0 Å². The molecule has 0 radical (unpaired) electrons. The number of aromatic nitrogens is 2. The fourth-order valence-corrected chi connectivity index (χ4v) is 2.92. The van der Waals surface area contributed by atoms with Gasteiger partial charge >= 0.3 is 0 Å². The molecule has 1 unspecified atom stereocenters. The zero-order valence-electron chi connectivity index (χ0n) is 14.0. The number of amides is 1. The Bertz CT molecular complexity index is 657. The SMILES string of the molecule is Cc1noc(C2CCN(C(=O)CCCOCc3ccccc3)C2)n1. The smallest absolute Gasteiger partial charge is 0.231 e. The lowest BCUT2D eigenvalue weighted by atomic mass is 10.1. The van der Waals surface area contributed by atoms with Crippen molar-refractivity contribution in [2.24, 2.45) is 0 Å². The summed E-state index contributed by atoms with van der Waals surface area (Å²) in [5, 5.41) is 3.82. The Balaban J connectivity index is 1.34. The van der Waals surface area contributed by atoms with E-state index in [1.807, 2.05) is 35.2 Å². The van der Waals surface area contributed by atoms with E-state index in [1.165, 1.54) is 0 Å². The third-order valence-corrected chi connectivity index (χ3v) is 4.22. The first-order valence-corrected chi connectivity index (χ1v) is 8.42. The van der Waals surface area contributed by atoms with Crippen LogP contribution in [0.4, 0.5) is 0 Å². The molecule has 0 spiro atoms. The highest BCUT2D eigenvalue weighted by Crippen LogP contribution is 2.26. The van der Waals surface area contributed by atoms with Crippen LogP contribution < -0.4 is 0 Å². The largest absolute Gasteiger partial charge is 0.377 e. The van der Waals surface area contributed by atoms with Crippen LogP contribution in [-0.4, -0.2) is 40.6 Å². The van der Waals surface area contributed by atoms with Crippen molar-refractivity contribution in [2.75, 3.05) is 19.7 Å². The summed E-state index contributed by atoms with van der Waals surface area (Å²) in [5.74, 6) is 1.64. The maximum atomic E-state index is 12.3. The van der Waals surface area contributed by atoms with Crippen molar-refractivity contribution < 1.29 is 14.1 Å². The van der Waals surface area contributed by atoms with Gasteiger partial charge in [0.2, 0.25) is 11.8 Å². The van der Waals surface area contributed by atoms with Gasteiger partial charge in [0.1, 0.15) is 0 Å². The molecule has 2 heterocycles. The van der Waals surface area contributed by atoms with Gasteiger partial charge in [-0.2, -0.15) is 4.98 Å². The number of ether oxygens (including phenoxy) is 1. The second-order valence-corrected chi connectivity index (χ2v) is 6.15. The number of hydrogen-bond acceptors (Lipinski definition) is 5. The minimum absolute atomic E-state index is 0.171. The maximum Gasteiger partial charge on any atom is 0.231 e. The van der Waals surface area contributed by atoms with Gasteiger partial charge in [0.15, 0.2) is 5.82 Å². The molecule has 1 aromatic heterocycles. The summed E-state index contributed by atoms with van der Waals surface area (Å²) < 4.78 is 10.8. The summed E-state index contributed by atoms with van der Waals surface area (Å²) in [7, 11) is 0. The van der Waals surface area contributed by atoms with Gasteiger partial charge in [-0.05, 0) is 25.3 Å². The zero-order valence-corrected chi connectivity index (χ0v) is 14.0. The van der Waals surface area contributed by atoms with Crippen LogP contribution in [0.25, 0.3) is 0 Å². The molecule has 1 aromatic carbocycles. The molecule has 2 aromatic rings. The minimum atomic E-state index is 0.171. The molecule has 1 fully saturated rings. The van der Waals surface area contributed by atoms with Crippen LogP contribution in [-0.2, 0) is 16.1 Å². The molecule has 0 bridgehead atoms. The van der Waals surface area contributed by atoms with E-state index in [0.717, 1.165) is 24.9 Å². The number of rotatable bonds is 7. The Kier molecular flexibility index (Phi) is 5.59. The van der Waals surface area contributed by atoms with Crippen LogP contribution in [0.1, 0.15) is 42.5 Å². The van der Waals surface area contributed by atoms with Crippen molar-refractivity contribution in [3.8, 4) is 0 Å². The van der Waals surface area contributed by atoms with Crippen molar-refractivity contribution in [1.29, 1.82) is 0 Å². The summed E-state index contributed by atoms with van der Waals surface area (Å²) in [6, 6.07) is 10.1. The second-order valence-electron chi connectivity index (χ2n) is 6.15. The molecule has 6 heteroatoms. The van der Waals surface area contributed by atoms with E-state index in [4.69, 9.17) is 9.26 Å². The molecule has 0 N–H and O–H groups in total. The summed E-state index contributed by atoms with van der Waals surface area (Å²) in [6.07, 6.45) is 2.15. The Labute approximate surface area is 141 Å². The number of benzene rings is 1. The van der Waals surface area contributed by atoms with Crippen LogP contribution in [0.3, 0.4) is 0 Å². The van der Waals surface area contributed by atoms with Gasteiger partial charge in [0.25, 0.3) is 0 Å². The Hall–Kier alpha value is -2.21. The van der Waals surface area contributed by atoms with Crippen LogP contribution in [0.5, 0.6) is 0 Å². The topological polar surface area (TPSA) is 68.5 Å². The fraction of sp³-hybridized carbons (Fsp3) is 0.500. The van der Waals surface area contributed by atoms with Crippen molar-refractivity contribution in [1.82, 2.24) is 15.0 Å². The first-order valence-electron chi connectivity index (χ1n) is 8.42. The highest BCUT2D eigenvalue weighted by molar-refractivity contribution is 5.76. The number of carbonyl (C=O) groups is 1. The average Bonchev–Trinajstić information content (AvgIpc) is 3.24.